The Balaban J connectivity index is 0.000000147. The molecule has 0 amide bonds. The second-order valence-electron chi connectivity index (χ2n) is 12.9. The van der Waals surface area contributed by atoms with Gasteiger partial charge in [-0.05, 0) is 122 Å². The summed E-state index contributed by atoms with van der Waals surface area (Å²) in [5.74, 6) is 1.83. The van der Waals surface area contributed by atoms with Crippen LogP contribution in [-0.2, 0) is 11.1 Å². The minimum atomic E-state index is -0.622. The van der Waals surface area contributed by atoms with Crippen molar-refractivity contribution in [2.45, 2.75) is 88.5 Å². The summed E-state index contributed by atoms with van der Waals surface area (Å²) in [6, 6.07) is 3.61. The summed E-state index contributed by atoms with van der Waals surface area (Å²) < 4.78 is 11.8. The fraction of sp³-hybridized carbons (Fsp3) is 0.500. The maximum absolute atomic E-state index is 9.02. The summed E-state index contributed by atoms with van der Waals surface area (Å²) in [5, 5.41) is 12.5. The molecule has 0 aromatic carbocycles. The highest BCUT2D eigenvalue weighted by Crippen LogP contribution is 2.52. The number of rotatable bonds is 10. The summed E-state index contributed by atoms with van der Waals surface area (Å²) in [6.07, 6.45) is 15.9. The van der Waals surface area contributed by atoms with E-state index in [9.17, 15) is 0 Å². The number of hydrogen-bond acceptors (Lipinski definition) is 8. The first-order valence-electron chi connectivity index (χ1n) is 15.6. The van der Waals surface area contributed by atoms with Gasteiger partial charge >= 0.3 is 0 Å². The molecule has 4 saturated carbocycles. The van der Waals surface area contributed by atoms with Crippen LogP contribution in [0.25, 0.3) is 42.4 Å². The lowest BCUT2D eigenvalue weighted by atomic mass is 9.86. The molecule has 4 fully saturated rings. The molecule has 0 saturated heterocycles. The van der Waals surface area contributed by atoms with E-state index in [2.05, 4.69) is 40.0 Å². The number of nitrogens with zero attached hydrogens (tertiary/aromatic N) is 10. The molecular weight excluding hydrogens is 627 g/mol. The summed E-state index contributed by atoms with van der Waals surface area (Å²) in [7, 11) is 0. The quantitative estimate of drug-likeness (QED) is 0.0711. The van der Waals surface area contributed by atoms with Gasteiger partial charge in [-0.25, -0.2) is 19.9 Å². The Morgan fingerprint density at radius 2 is 1.02 bits per heavy atom. The number of aromatic nitrogens is 4. The molecule has 236 valence electrons. The molecule has 2 unspecified atom stereocenters. The molecule has 4 heterocycles. The number of fused-ring (bicyclic) bond motifs is 2. The first kappa shape index (κ1) is 30.6. The topological polar surface area (TPSA) is 168 Å². The SMILES string of the molecule is CC(N=[N+]=[N-])(c1cnc(OC2CC2)c2cnc(Cl)cc12)C1CC1.CC(N=[N+]=[N-])(c1cnc(OC2CC2)c2cnc(Cl)cc12)C1CC1. The average molecular weight is 660 g/mol. The van der Waals surface area contributed by atoms with Gasteiger partial charge in [0, 0.05) is 34.6 Å². The molecule has 4 aromatic rings. The Morgan fingerprint density at radius 1 is 0.630 bits per heavy atom. The molecular formula is C32H32Cl2N10O2. The molecule has 8 rings (SSSR count). The van der Waals surface area contributed by atoms with Crippen LogP contribution in [0.2, 0.25) is 10.3 Å². The molecule has 2 atom stereocenters. The van der Waals surface area contributed by atoms with Gasteiger partial charge in [-0.3, -0.25) is 0 Å². The molecule has 4 aromatic heterocycles. The van der Waals surface area contributed by atoms with Crippen molar-refractivity contribution >= 4 is 44.7 Å². The van der Waals surface area contributed by atoms with Gasteiger partial charge in [0.25, 0.3) is 0 Å². The van der Waals surface area contributed by atoms with Crippen molar-refractivity contribution in [1.82, 2.24) is 19.9 Å². The van der Waals surface area contributed by atoms with Gasteiger partial charge in [-0.15, -0.1) is 0 Å². The number of pyridine rings is 4. The Hall–Kier alpha value is -4.08. The normalized spacial score (nSPS) is 19.9. The Bertz CT molecular complexity index is 1790. The van der Waals surface area contributed by atoms with Crippen molar-refractivity contribution < 1.29 is 9.47 Å². The molecule has 12 nitrogen and oxygen atoms in total. The van der Waals surface area contributed by atoms with Crippen molar-refractivity contribution in [2.24, 2.45) is 22.1 Å². The van der Waals surface area contributed by atoms with E-state index < -0.39 is 11.1 Å². The van der Waals surface area contributed by atoms with Crippen molar-refractivity contribution in [2.75, 3.05) is 0 Å². The van der Waals surface area contributed by atoms with E-state index in [1.54, 1.807) is 36.9 Å². The highest BCUT2D eigenvalue weighted by atomic mass is 35.5. The molecule has 14 heteroatoms. The van der Waals surface area contributed by atoms with E-state index in [-0.39, 0.29) is 12.2 Å². The summed E-state index contributed by atoms with van der Waals surface area (Å²) >= 11 is 12.2. The maximum atomic E-state index is 9.02. The van der Waals surface area contributed by atoms with Crippen molar-refractivity contribution in [3.63, 3.8) is 0 Å². The summed E-state index contributed by atoms with van der Waals surface area (Å²) in [5.41, 5.74) is 18.6. The van der Waals surface area contributed by atoms with Crippen LogP contribution < -0.4 is 9.47 Å². The largest absolute Gasteiger partial charge is 0.474 e. The number of halogens is 2. The molecule has 0 spiro atoms. The fourth-order valence-electron chi connectivity index (χ4n) is 6.04. The minimum Gasteiger partial charge on any atom is -0.474 e. The monoisotopic (exact) mass is 658 g/mol. The highest BCUT2D eigenvalue weighted by Gasteiger charge is 2.45. The van der Waals surface area contributed by atoms with Crippen LogP contribution >= 0.6 is 23.2 Å². The second-order valence-corrected chi connectivity index (χ2v) is 13.7. The van der Waals surface area contributed by atoms with Gasteiger partial charge in [0.1, 0.15) is 22.5 Å². The highest BCUT2D eigenvalue weighted by molar-refractivity contribution is 6.30. The predicted octanol–water partition coefficient (Wildman–Crippen LogP) is 9.52. The van der Waals surface area contributed by atoms with Gasteiger partial charge in [0.15, 0.2) is 0 Å². The van der Waals surface area contributed by atoms with E-state index in [4.69, 9.17) is 43.7 Å². The van der Waals surface area contributed by atoms with Crippen LogP contribution in [0.1, 0.15) is 76.3 Å². The number of ether oxygens (including phenoxy) is 2. The Labute approximate surface area is 275 Å². The van der Waals surface area contributed by atoms with Crippen LogP contribution in [0.15, 0.2) is 47.1 Å². The standard InChI is InChI=1S/2C16H16ClN5O/c2*1-16(21-22-18,9-2-3-9)13-8-20-15(23-10-4-5-10)12-7-19-14(17)6-11(12)13/h2*6-10H,2-5H2,1H3. The number of azide groups is 2. The zero-order valence-electron chi connectivity index (χ0n) is 25.5. The van der Waals surface area contributed by atoms with Crippen molar-refractivity contribution in [3.8, 4) is 11.8 Å². The third-order valence-corrected chi connectivity index (χ3v) is 9.76. The molecule has 0 N–H and O–H groups in total. The first-order valence-corrected chi connectivity index (χ1v) is 16.3. The van der Waals surface area contributed by atoms with Crippen LogP contribution in [-0.4, -0.2) is 32.1 Å². The summed E-state index contributed by atoms with van der Waals surface area (Å²) in [4.78, 5) is 23.5. The van der Waals surface area contributed by atoms with Crippen LogP contribution in [0.4, 0.5) is 0 Å². The smallest absolute Gasteiger partial charge is 0.223 e. The lowest BCUT2D eigenvalue weighted by Gasteiger charge is -2.26. The molecule has 0 bridgehead atoms. The van der Waals surface area contributed by atoms with E-state index in [1.165, 1.54) is 0 Å². The number of hydrogen-bond donors (Lipinski definition) is 0. The van der Waals surface area contributed by atoms with Gasteiger partial charge in [0.2, 0.25) is 11.8 Å². The van der Waals surface area contributed by atoms with Gasteiger partial charge in [0.05, 0.1) is 21.9 Å². The van der Waals surface area contributed by atoms with Gasteiger partial charge in [-0.1, -0.05) is 33.4 Å². The lowest BCUT2D eigenvalue weighted by molar-refractivity contribution is 0.294. The van der Waals surface area contributed by atoms with Crippen LogP contribution in [0.5, 0.6) is 11.8 Å². The fourth-order valence-corrected chi connectivity index (χ4v) is 6.36. The van der Waals surface area contributed by atoms with Crippen molar-refractivity contribution in [1.29, 1.82) is 0 Å². The molecule has 4 aliphatic rings. The third kappa shape index (κ3) is 6.06. The molecule has 0 aliphatic heterocycles. The van der Waals surface area contributed by atoms with Crippen LogP contribution in [0.3, 0.4) is 0 Å². The average Bonchev–Trinajstić information content (AvgIpc) is 3.85. The predicted molar refractivity (Wildman–Crippen MR) is 175 cm³/mol. The van der Waals surface area contributed by atoms with Crippen molar-refractivity contribution in [3.05, 3.63) is 79.2 Å². The maximum Gasteiger partial charge on any atom is 0.223 e. The van der Waals surface area contributed by atoms with Gasteiger partial charge in [-0.2, -0.15) is 0 Å². The Morgan fingerprint density at radius 3 is 1.35 bits per heavy atom. The van der Waals surface area contributed by atoms with E-state index in [0.29, 0.717) is 33.9 Å². The van der Waals surface area contributed by atoms with E-state index in [1.807, 2.05) is 13.8 Å². The molecule has 46 heavy (non-hydrogen) atoms. The minimum absolute atomic E-state index is 0.249. The second kappa shape index (κ2) is 11.9. The van der Waals surface area contributed by atoms with E-state index >= 15 is 0 Å². The van der Waals surface area contributed by atoms with Crippen LogP contribution in [0, 0.1) is 11.8 Å². The zero-order chi connectivity index (χ0) is 32.1. The lowest BCUT2D eigenvalue weighted by Crippen LogP contribution is -2.22. The first-order chi connectivity index (χ1) is 22.2. The molecule has 0 radical (unpaired) electrons. The summed E-state index contributed by atoms with van der Waals surface area (Å²) in [6.45, 7) is 3.94. The third-order valence-electron chi connectivity index (χ3n) is 9.35. The Kier molecular flexibility index (Phi) is 7.93. The van der Waals surface area contributed by atoms with E-state index in [0.717, 1.165) is 84.0 Å². The van der Waals surface area contributed by atoms with Gasteiger partial charge < -0.3 is 9.47 Å². The zero-order valence-corrected chi connectivity index (χ0v) is 27.0. The molecule has 4 aliphatic carbocycles.